The summed E-state index contributed by atoms with van der Waals surface area (Å²) in [5.41, 5.74) is 1.98. The van der Waals surface area contributed by atoms with Gasteiger partial charge in [-0.25, -0.2) is 15.0 Å². The number of piperazine rings is 1. The molecular formula is C22H23N7O4. The molecule has 0 atom stereocenters. The smallest absolute Gasteiger partial charge is 0.353 e. The lowest BCUT2D eigenvalue weighted by Gasteiger charge is -2.35. The van der Waals surface area contributed by atoms with Crippen molar-refractivity contribution in [3.8, 4) is 11.5 Å². The van der Waals surface area contributed by atoms with Gasteiger partial charge in [0.25, 0.3) is 0 Å². The lowest BCUT2D eigenvalue weighted by molar-refractivity contribution is -0.383. The highest BCUT2D eigenvalue weighted by atomic mass is 16.7. The molecule has 1 N–H and O–H groups in total. The van der Waals surface area contributed by atoms with Crippen LogP contribution in [0.1, 0.15) is 11.1 Å². The van der Waals surface area contributed by atoms with E-state index in [4.69, 9.17) is 9.47 Å². The first kappa shape index (κ1) is 20.9. The quantitative estimate of drug-likeness (QED) is 0.444. The van der Waals surface area contributed by atoms with Crippen molar-refractivity contribution < 1.29 is 14.4 Å². The zero-order chi connectivity index (χ0) is 22.8. The van der Waals surface area contributed by atoms with Crippen molar-refractivity contribution >= 4 is 23.1 Å². The summed E-state index contributed by atoms with van der Waals surface area (Å²) in [7, 11) is 0. The topological polar surface area (TPSA) is 119 Å². The lowest BCUT2D eigenvalue weighted by Crippen LogP contribution is -2.46. The van der Waals surface area contributed by atoms with Crippen molar-refractivity contribution in [1.82, 2.24) is 19.9 Å². The molecule has 1 fully saturated rings. The molecule has 11 nitrogen and oxygen atoms in total. The number of hydrogen-bond donors (Lipinski definition) is 1. The van der Waals surface area contributed by atoms with E-state index >= 15 is 0 Å². The molecule has 1 saturated heterocycles. The van der Waals surface area contributed by atoms with Crippen molar-refractivity contribution in [2.24, 2.45) is 0 Å². The van der Waals surface area contributed by atoms with E-state index in [0.717, 1.165) is 42.3 Å². The normalized spacial score (nSPS) is 15.5. The molecule has 1 aromatic carbocycles. The number of fused-ring (bicyclic) bond motifs is 1. The summed E-state index contributed by atoms with van der Waals surface area (Å²) in [5, 5.41) is 14.9. The van der Waals surface area contributed by atoms with Crippen LogP contribution in [0, 0.1) is 17.0 Å². The second-order valence-electron chi connectivity index (χ2n) is 7.95. The largest absolute Gasteiger partial charge is 0.454 e. The van der Waals surface area contributed by atoms with Gasteiger partial charge in [-0.2, -0.15) is 0 Å². The third kappa shape index (κ3) is 4.48. The summed E-state index contributed by atoms with van der Waals surface area (Å²) in [5.74, 6) is 2.48. The Bertz CT molecular complexity index is 1180. The number of benzene rings is 1. The summed E-state index contributed by atoms with van der Waals surface area (Å²) in [4.78, 5) is 28.3. The number of ether oxygens (including phenoxy) is 2. The van der Waals surface area contributed by atoms with E-state index in [-0.39, 0.29) is 18.3 Å². The summed E-state index contributed by atoms with van der Waals surface area (Å²) in [6.45, 7) is 5.68. The molecule has 0 aliphatic carbocycles. The van der Waals surface area contributed by atoms with Gasteiger partial charge in [0, 0.05) is 38.9 Å². The molecule has 5 rings (SSSR count). The van der Waals surface area contributed by atoms with Crippen molar-refractivity contribution in [2.75, 3.05) is 43.2 Å². The maximum absolute atomic E-state index is 11.9. The van der Waals surface area contributed by atoms with Crippen LogP contribution in [0.25, 0.3) is 0 Å². The minimum Gasteiger partial charge on any atom is -0.454 e. The van der Waals surface area contributed by atoms with Gasteiger partial charge in [0.05, 0.1) is 4.92 Å². The molecule has 0 radical (unpaired) electrons. The van der Waals surface area contributed by atoms with Crippen LogP contribution in [0.15, 0.2) is 42.9 Å². The third-order valence-corrected chi connectivity index (χ3v) is 5.66. The van der Waals surface area contributed by atoms with Crippen LogP contribution in [-0.2, 0) is 6.54 Å². The van der Waals surface area contributed by atoms with Crippen molar-refractivity contribution in [3.05, 3.63) is 64.1 Å². The van der Waals surface area contributed by atoms with E-state index < -0.39 is 4.92 Å². The highest BCUT2D eigenvalue weighted by Gasteiger charge is 2.29. The second-order valence-corrected chi connectivity index (χ2v) is 7.95. The molecule has 11 heteroatoms. The Hall–Kier alpha value is -3.99. The number of rotatable bonds is 6. The van der Waals surface area contributed by atoms with E-state index in [9.17, 15) is 10.1 Å². The first-order valence-electron chi connectivity index (χ1n) is 10.6. The van der Waals surface area contributed by atoms with E-state index in [1.54, 1.807) is 12.3 Å². The average molecular weight is 449 g/mol. The van der Waals surface area contributed by atoms with Gasteiger partial charge < -0.3 is 19.7 Å². The first-order chi connectivity index (χ1) is 16.1. The van der Waals surface area contributed by atoms with Gasteiger partial charge in [-0.05, 0) is 42.3 Å². The Balaban J connectivity index is 1.29. The Morgan fingerprint density at radius 3 is 2.67 bits per heavy atom. The van der Waals surface area contributed by atoms with Gasteiger partial charge in [0.2, 0.25) is 18.4 Å². The molecule has 0 bridgehead atoms. The monoisotopic (exact) mass is 449 g/mol. The van der Waals surface area contributed by atoms with Crippen LogP contribution in [-0.4, -0.2) is 57.7 Å². The highest BCUT2D eigenvalue weighted by Crippen LogP contribution is 2.35. The van der Waals surface area contributed by atoms with Gasteiger partial charge in [0.15, 0.2) is 11.5 Å². The number of nitro groups is 1. The fraction of sp³-hybridized carbons (Fsp3) is 0.318. The van der Waals surface area contributed by atoms with Crippen LogP contribution in [0.4, 0.5) is 23.1 Å². The number of pyridine rings is 1. The Labute approximate surface area is 190 Å². The zero-order valence-corrected chi connectivity index (χ0v) is 18.1. The molecule has 3 aromatic rings. The Morgan fingerprint density at radius 2 is 1.88 bits per heavy atom. The van der Waals surface area contributed by atoms with E-state index in [2.05, 4.69) is 25.2 Å². The molecule has 0 unspecified atom stereocenters. The Kier molecular flexibility index (Phi) is 5.61. The van der Waals surface area contributed by atoms with Crippen LogP contribution >= 0.6 is 0 Å². The summed E-state index contributed by atoms with van der Waals surface area (Å²) in [6, 6.07) is 9.62. The van der Waals surface area contributed by atoms with E-state index in [1.807, 2.05) is 36.1 Å². The van der Waals surface area contributed by atoms with Crippen LogP contribution in [0.3, 0.4) is 0 Å². The summed E-state index contributed by atoms with van der Waals surface area (Å²) in [6.07, 6.45) is 2.99. The minimum absolute atomic E-state index is 0.130. The molecule has 0 saturated carbocycles. The number of aryl methyl sites for hydroxylation is 1. The molecule has 2 aliphatic heterocycles. The number of aromatic nitrogens is 3. The van der Waals surface area contributed by atoms with Gasteiger partial charge in [0.1, 0.15) is 12.1 Å². The fourth-order valence-electron chi connectivity index (χ4n) is 4.00. The number of anilines is 3. The van der Waals surface area contributed by atoms with Gasteiger partial charge in [-0.3, -0.25) is 15.0 Å². The maximum Gasteiger partial charge on any atom is 0.353 e. The first-order valence-corrected chi connectivity index (χ1v) is 10.6. The van der Waals surface area contributed by atoms with Crippen molar-refractivity contribution in [3.63, 3.8) is 0 Å². The summed E-state index contributed by atoms with van der Waals surface area (Å²) < 4.78 is 10.8. The molecule has 0 spiro atoms. The molecule has 0 amide bonds. The van der Waals surface area contributed by atoms with Crippen molar-refractivity contribution in [2.45, 2.75) is 13.5 Å². The standard InChI is InChI=1S/C22H23N7O4/c1-15-4-5-23-19(10-15)26-21-20(29(30)31)22(25-13-24-21)28-8-6-27(7-9-28)12-16-2-3-17-18(11-16)33-14-32-17/h2-5,10-11,13H,6-9,12,14H2,1H3,(H,23,24,25,26). The van der Waals surface area contributed by atoms with Gasteiger partial charge in [-0.15, -0.1) is 0 Å². The molecule has 170 valence electrons. The van der Waals surface area contributed by atoms with E-state index in [0.29, 0.717) is 24.7 Å². The average Bonchev–Trinajstić information content (AvgIpc) is 3.27. The van der Waals surface area contributed by atoms with E-state index in [1.165, 1.54) is 6.33 Å². The lowest BCUT2D eigenvalue weighted by atomic mass is 10.1. The molecule has 2 aromatic heterocycles. The third-order valence-electron chi connectivity index (χ3n) is 5.66. The molecule has 33 heavy (non-hydrogen) atoms. The minimum atomic E-state index is -0.438. The molecule has 2 aliphatic rings. The maximum atomic E-state index is 11.9. The zero-order valence-electron chi connectivity index (χ0n) is 18.1. The van der Waals surface area contributed by atoms with Crippen molar-refractivity contribution in [1.29, 1.82) is 0 Å². The van der Waals surface area contributed by atoms with Crippen LogP contribution < -0.4 is 19.7 Å². The molecule has 4 heterocycles. The number of hydrogen-bond acceptors (Lipinski definition) is 10. The van der Waals surface area contributed by atoms with Crippen LogP contribution in [0.2, 0.25) is 0 Å². The fourth-order valence-corrected chi connectivity index (χ4v) is 4.00. The van der Waals surface area contributed by atoms with Gasteiger partial charge >= 0.3 is 5.69 Å². The highest BCUT2D eigenvalue weighted by molar-refractivity contribution is 5.73. The number of nitrogens with one attached hydrogen (secondary N) is 1. The van der Waals surface area contributed by atoms with Crippen LogP contribution in [0.5, 0.6) is 11.5 Å². The molecular weight excluding hydrogens is 426 g/mol. The predicted molar refractivity (Wildman–Crippen MR) is 121 cm³/mol. The Morgan fingerprint density at radius 1 is 1.06 bits per heavy atom. The second kappa shape index (κ2) is 8.87. The summed E-state index contributed by atoms with van der Waals surface area (Å²) >= 11 is 0. The predicted octanol–water partition coefficient (Wildman–Crippen LogP) is 2.88. The van der Waals surface area contributed by atoms with Gasteiger partial charge in [-0.1, -0.05) is 6.07 Å². The SMILES string of the molecule is Cc1ccnc(Nc2ncnc(N3CCN(Cc4ccc5c(c4)OCO5)CC3)c2[N+](=O)[O-])c1. The number of nitrogens with zero attached hydrogens (tertiary/aromatic N) is 6.